The van der Waals surface area contributed by atoms with Crippen LogP contribution >= 0.6 is 0 Å². The summed E-state index contributed by atoms with van der Waals surface area (Å²) < 4.78 is 9.87. The van der Waals surface area contributed by atoms with Gasteiger partial charge in [0.2, 0.25) is 0 Å². The van der Waals surface area contributed by atoms with Crippen LogP contribution in [0, 0.1) is 0 Å². The van der Waals surface area contributed by atoms with Gasteiger partial charge >= 0.3 is 5.97 Å². The van der Waals surface area contributed by atoms with Crippen LogP contribution in [0.15, 0.2) is 18.2 Å². The largest absolute Gasteiger partial charge is 0.463 e. The molecule has 0 radical (unpaired) electrons. The summed E-state index contributed by atoms with van der Waals surface area (Å²) in [6.45, 7) is 1.92. The summed E-state index contributed by atoms with van der Waals surface area (Å²) in [5, 5.41) is 0. The van der Waals surface area contributed by atoms with Crippen LogP contribution in [0.3, 0.4) is 0 Å². The summed E-state index contributed by atoms with van der Waals surface area (Å²) in [5.74, 6) is -0.374. The van der Waals surface area contributed by atoms with Gasteiger partial charge < -0.3 is 20.9 Å². The van der Waals surface area contributed by atoms with Gasteiger partial charge in [-0.3, -0.25) is 0 Å². The van der Waals surface area contributed by atoms with Crippen molar-refractivity contribution in [2.45, 2.75) is 19.4 Å². The van der Waals surface area contributed by atoms with E-state index in [1.807, 2.05) is 6.07 Å². The van der Waals surface area contributed by atoms with E-state index in [4.69, 9.17) is 20.9 Å². The van der Waals surface area contributed by atoms with Gasteiger partial charge in [0, 0.05) is 24.9 Å². The van der Waals surface area contributed by atoms with Crippen LogP contribution in [-0.2, 0) is 20.7 Å². The number of carbonyl (C=O) groups is 1. The number of benzene rings is 1. The van der Waals surface area contributed by atoms with Crippen LogP contribution in [0.25, 0.3) is 0 Å². The highest BCUT2D eigenvalue weighted by atomic mass is 16.6. The van der Waals surface area contributed by atoms with Gasteiger partial charge in [0.05, 0.1) is 6.61 Å². The van der Waals surface area contributed by atoms with E-state index >= 15 is 0 Å². The fraction of sp³-hybridized carbons (Fsp3) is 0.417. The van der Waals surface area contributed by atoms with Crippen molar-refractivity contribution in [1.82, 2.24) is 0 Å². The van der Waals surface area contributed by atoms with E-state index in [1.165, 1.54) is 7.11 Å². The van der Waals surface area contributed by atoms with Crippen molar-refractivity contribution in [2.75, 3.05) is 25.2 Å². The summed E-state index contributed by atoms with van der Waals surface area (Å²) in [6.07, 6.45) is 0.0210. The van der Waals surface area contributed by atoms with Crippen molar-refractivity contribution in [3.8, 4) is 0 Å². The molecule has 0 bridgehead atoms. The lowest BCUT2D eigenvalue weighted by molar-refractivity contribution is -0.154. The van der Waals surface area contributed by atoms with Crippen LogP contribution in [0.4, 0.5) is 11.4 Å². The second-order valence-corrected chi connectivity index (χ2v) is 3.75. The van der Waals surface area contributed by atoms with Crippen molar-refractivity contribution in [3.63, 3.8) is 0 Å². The molecule has 1 aromatic carbocycles. The minimum atomic E-state index is -0.543. The van der Waals surface area contributed by atoms with Crippen molar-refractivity contribution in [2.24, 2.45) is 0 Å². The molecule has 0 aliphatic rings. The van der Waals surface area contributed by atoms with E-state index in [-0.39, 0.29) is 12.6 Å². The lowest BCUT2D eigenvalue weighted by Gasteiger charge is -2.10. The molecule has 94 valence electrons. The SMILES string of the molecule is COC(C)C(=O)OCCc1ccc(N)cc1N. The predicted molar refractivity (Wildman–Crippen MR) is 66.4 cm³/mol. The smallest absolute Gasteiger partial charge is 0.334 e. The predicted octanol–water partition coefficient (Wildman–Crippen LogP) is 0.972. The maximum Gasteiger partial charge on any atom is 0.334 e. The van der Waals surface area contributed by atoms with Gasteiger partial charge in [-0.15, -0.1) is 0 Å². The number of rotatable bonds is 5. The molecule has 4 N–H and O–H groups in total. The molecule has 0 saturated heterocycles. The Morgan fingerprint density at radius 3 is 2.71 bits per heavy atom. The third-order valence-corrected chi connectivity index (χ3v) is 2.47. The van der Waals surface area contributed by atoms with E-state index in [2.05, 4.69) is 0 Å². The first-order valence-corrected chi connectivity index (χ1v) is 5.38. The van der Waals surface area contributed by atoms with E-state index in [9.17, 15) is 4.79 Å². The van der Waals surface area contributed by atoms with Gasteiger partial charge in [0.1, 0.15) is 0 Å². The Morgan fingerprint density at radius 1 is 1.41 bits per heavy atom. The minimum Gasteiger partial charge on any atom is -0.463 e. The summed E-state index contributed by atoms with van der Waals surface area (Å²) >= 11 is 0. The van der Waals surface area contributed by atoms with E-state index in [1.54, 1.807) is 19.1 Å². The Balaban J connectivity index is 2.43. The fourth-order valence-electron chi connectivity index (χ4n) is 1.32. The summed E-state index contributed by atoms with van der Waals surface area (Å²) in [6, 6.07) is 5.29. The zero-order valence-electron chi connectivity index (χ0n) is 10.1. The minimum absolute atomic E-state index is 0.278. The van der Waals surface area contributed by atoms with Crippen molar-refractivity contribution in [3.05, 3.63) is 23.8 Å². The van der Waals surface area contributed by atoms with Crippen molar-refractivity contribution in [1.29, 1.82) is 0 Å². The summed E-state index contributed by atoms with van der Waals surface area (Å²) in [7, 11) is 1.46. The molecule has 1 aromatic rings. The van der Waals surface area contributed by atoms with Gasteiger partial charge in [-0.05, 0) is 24.6 Å². The zero-order valence-corrected chi connectivity index (χ0v) is 10.1. The van der Waals surface area contributed by atoms with Gasteiger partial charge in [-0.1, -0.05) is 6.07 Å². The molecule has 0 aliphatic heterocycles. The summed E-state index contributed by atoms with van der Waals surface area (Å²) in [4.78, 5) is 11.3. The molecule has 0 heterocycles. The van der Waals surface area contributed by atoms with Crippen LogP contribution < -0.4 is 11.5 Å². The van der Waals surface area contributed by atoms with Crippen molar-refractivity contribution >= 4 is 17.3 Å². The number of methoxy groups -OCH3 is 1. The highest BCUT2D eigenvalue weighted by Crippen LogP contribution is 2.16. The van der Waals surface area contributed by atoms with Crippen LogP contribution in [-0.4, -0.2) is 25.8 Å². The number of carbonyl (C=O) groups excluding carboxylic acids is 1. The van der Waals surface area contributed by atoms with Crippen LogP contribution in [0.5, 0.6) is 0 Å². The first-order valence-electron chi connectivity index (χ1n) is 5.38. The number of ether oxygens (including phenoxy) is 2. The van der Waals surface area contributed by atoms with Crippen LogP contribution in [0.2, 0.25) is 0 Å². The molecule has 1 unspecified atom stereocenters. The first kappa shape index (κ1) is 13.3. The van der Waals surface area contributed by atoms with Crippen LogP contribution in [0.1, 0.15) is 12.5 Å². The third kappa shape index (κ3) is 3.96. The molecule has 17 heavy (non-hydrogen) atoms. The molecular formula is C12H18N2O3. The van der Waals surface area contributed by atoms with Gasteiger partial charge in [-0.2, -0.15) is 0 Å². The first-order chi connectivity index (χ1) is 8.04. The lowest BCUT2D eigenvalue weighted by atomic mass is 10.1. The van der Waals surface area contributed by atoms with Crippen molar-refractivity contribution < 1.29 is 14.3 Å². The lowest BCUT2D eigenvalue weighted by Crippen LogP contribution is -2.22. The second kappa shape index (κ2) is 6.10. The number of anilines is 2. The summed E-state index contributed by atoms with van der Waals surface area (Å²) in [5.41, 5.74) is 13.5. The molecule has 0 amide bonds. The zero-order chi connectivity index (χ0) is 12.8. The Hall–Kier alpha value is -1.75. The van der Waals surface area contributed by atoms with E-state index < -0.39 is 6.10 Å². The monoisotopic (exact) mass is 238 g/mol. The molecule has 1 rings (SSSR count). The van der Waals surface area contributed by atoms with E-state index in [0.29, 0.717) is 17.8 Å². The molecule has 0 aromatic heterocycles. The Bertz CT molecular complexity index is 393. The quantitative estimate of drug-likeness (QED) is 0.589. The highest BCUT2D eigenvalue weighted by molar-refractivity contribution is 5.74. The number of hydrogen-bond acceptors (Lipinski definition) is 5. The molecule has 0 spiro atoms. The average molecular weight is 238 g/mol. The molecule has 5 nitrogen and oxygen atoms in total. The number of nitrogen functional groups attached to an aromatic ring is 2. The maximum absolute atomic E-state index is 11.3. The second-order valence-electron chi connectivity index (χ2n) is 3.75. The molecule has 0 aliphatic carbocycles. The molecule has 0 saturated carbocycles. The number of esters is 1. The Labute approximate surface area is 101 Å². The van der Waals surface area contributed by atoms with E-state index in [0.717, 1.165) is 5.56 Å². The molecule has 5 heteroatoms. The average Bonchev–Trinajstić information content (AvgIpc) is 2.30. The molecular weight excluding hydrogens is 220 g/mol. The Kier molecular flexibility index (Phi) is 4.78. The molecule has 1 atom stereocenters. The fourth-order valence-corrected chi connectivity index (χ4v) is 1.32. The standard InChI is InChI=1S/C12H18N2O3/c1-8(16-2)12(15)17-6-5-9-3-4-10(13)7-11(9)14/h3-4,7-8H,5-6,13-14H2,1-2H3. The topological polar surface area (TPSA) is 87.6 Å². The van der Waals surface area contributed by atoms with Gasteiger partial charge in [0.15, 0.2) is 6.10 Å². The third-order valence-electron chi connectivity index (χ3n) is 2.47. The van der Waals surface area contributed by atoms with Gasteiger partial charge in [-0.25, -0.2) is 4.79 Å². The number of hydrogen-bond donors (Lipinski definition) is 2. The highest BCUT2D eigenvalue weighted by Gasteiger charge is 2.12. The molecule has 0 fully saturated rings. The maximum atomic E-state index is 11.3. The van der Waals surface area contributed by atoms with Gasteiger partial charge in [0.25, 0.3) is 0 Å². The Morgan fingerprint density at radius 2 is 2.12 bits per heavy atom. The number of nitrogens with two attached hydrogens (primary N) is 2. The normalized spacial score (nSPS) is 12.1.